The molecule has 1 heterocycles. The molecule has 1 aromatic heterocycles. The molecule has 0 N–H and O–H groups in total. The first-order valence-corrected chi connectivity index (χ1v) is 9.39. The van der Waals surface area contributed by atoms with Gasteiger partial charge in [-0.3, -0.25) is 0 Å². The third kappa shape index (κ3) is 5.71. The Morgan fingerprint density at radius 2 is 1.29 bits per heavy atom. The molecule has 3 aromatic rings. The van der Waals surface area contributed by atoms with Gasteiger partial charge in [-0.05, 0) is 20.8 Å². The molecule has 0 radical (unpaired) electrons. The summed E-state index contributed by atoms with van der Waals surface area (Å²) in [5, 5.41) is 0. The third-order valence-corrected chi connectivity index (χ3v) is 3.89. The molecular formula is C25H31N3. The van der Waals surface area contributed by atoms with Crippen molar-refractivity contribution in [3.8, 4) is 22.8 Å². The minimum Gasteiger partial charge on any atom is -0.208 e. The number of aromatic nitrogens is 3. The molecular weight excluding hydrogens is 342 g/mol. The molecule has 2 aromatic carbocycles. The van der Waals surface area contributed by atoms with Crippen LogP contribution in [-0.2, 0) is 0 Å². The average Bonchev–Trinajstić information content (AvgIpc) is 2.74. The van der Waals surface area contributed by atoms with Gasteiger partial charge in [0, 0.05) is 16.7 Å². The number of rotatable bonds is 4. The highest BCUT2D eigenvalue weighted by molar-refractivity contribution is 5.72. The van der Waals surface area contributed by atoms with Crippen LogP contribution in [0.25, 0.3) is 28.3 Å². The minimum absolute atomic E-state index is 0. The Morgan fingerprint density at radius 1 is 0.750 bits per heavy atom. The summed E-state index contributed by atoms with van der Waals surface area (Å²) in [6, 6.07) is 18.3. The van der Waals surface area contributed by atoms with Crippen LogP contribution in [0.15, 0.2) is 72.8 Å². The lowest BCUT2D eigenvalue weighted by atomic mass is 10.1. The van der Waals surface area contributed by atoms with Gasteiger partial charge in [-0.15, -0.1) is 0 Å². The topological polar surface area (TPSA) is 38.7 Å². The lowest BCUT2D eigenvalue weighted by Crippen LogP contribution is -2.02. The van der Waals surface area contributed by atoms with E-state index in [1.54, 1.807) is 0 Å². The van der Waals surface area contributed by atoms with Crippen molar-refractivity contribution in [2.75, 3.05) is 0 Å². The van der Waals surface area contributed by atoms with Crippen LogP contribution >= 0.6 is 0 Å². The molecule has 0 unspecified atom stereocenters. The highest BCUT2D eigenvalue weighted by Crippen LogP contribution is 2.23. The average molecular weight is 374 g/mol. The summed E-state index contributed by atoms with van der Waals surface area (Å²) >= 11 is 0. The van der Waals surface area contributed by atoms with Crippen LogP contribution in [0.5, 0.6) is 0 Å². The smallest absolute Gasteiger partial charge is 0.164 e. The first kappa shape index (κ1) is 23.0. The Kier molecular flexibility index (Phi) is 9.52. The summed E-state index contributed by atoms with van der Waals surface area (Å²) in [6.45, 7) is 10.1. The van der Waals surface area contributed by atoms with Gasteiger partial charge in [-0.25, -0.2) is 15.0 Å². The fraction of sp³-hybridized carbons (Fsp3) is 0.240. The van der Waals surface area contributed by atoms with Crippen LogP contribution in [0.3, 0.4) is 0 Å². The van der Waals surface area contributed by atoms with Gasteiger partial charge in [0.05, 0.1) is 0 Å². The second kappa shape index (κ2) is 11.6. The molecule has 3 heteroatoms. The molecule has 0 saturated carbocycles. The fourth-order valence-corrected chi connectivity index (χ4v) is 2.53. The number of hydrogen-bond acceptors (Lipinski definition) is 3. The van der Waals surface area contributed by atoms with E-state index in [0.29, 0.717) is 17.5 Å². The summed E-state index contributed by atoms with van der Waals surface area (Å²) in [7, 11) is 0. The van der Waals surface area contributed by atoms with Gasteiger partial charge in [-0.2, -0.15) is 0 Å². The zero-order chi connectivity index (χ0) is 19.6. The van der Waals surface area contributed by atoms with E-state index in [0.717, 1.165) is 16.7 Å². The van der Waals surface area contributed by atoms with Crippen LogP contribution in [0.4, 0.5) is 0 Å². The largest absolute Gasteiger partial charge is 0.208 e. The van der Waals surface area contributed by atoms with E-state index >= 15 is 0 Å². The summed E-state index contributed by atoms with van der Waals surface area (Å²) < 4.78 is 0. The molecule has 0 bridgehead atoms. The summed E-state index contributed by atoms with van der Waals surface area (Å²) in [5.41, 5.74) is 4.16. The standard InChI is InChI=1S/C22H21N3.C2H6.CH4/c1-4-9-17(5-2)20-23-21(18-10-7-6-8-11-18)25-22(24-20)19-14-12-16(3)13-15-19;1-2;/h4-15H,1-3H3;1-2H3;1H4/b9-4-,17-5+;;. The Hall–Kier alpha value is -3.07. The maximum atomic E-state index is 4.71. The quantitative estimate of drug-likeness (QED) is 0.456. The van der Waals surface area contributed by atoms with Gasteiger partial charge in [0.1, 0.15) is 0 Å². The predicted molar refractivity (Wildman–Crippen MR) is 122 cm³/mol. The Morgan fingerprint density at radius 3 is 1.79 bits per heavy atom. The van der Waals surface area contributed by atoms with Gasteiger partial charge in [-0.1, -0.05) is 99.7 Å². The highest BCUT2D eigenvalue weighted by atomic mass is 15.0. The van der Waals surface area contributed by atoms with E-state index in [4.69, 9.17) is 15.0 Å². The lowest BCUT2D eigenvalue weighted by Gasteiger charge is -2.08. The number of benzene rings is 2. The predicted octanol–water partition coefficient (Wildman–Crippen LogP) is 7.16. The molecule has 0 atom stereocenters. The SMILES string of the molecule is C.C/C=C\C(=C/C)c1nc(-c2ccccc2)nc(-c2ccc(C)cc2)n1.CC. The van der Waals surface area contributed by atoms with Crippen LogP contribution in [0.2, 0.25) is 0 Å². The molecule has 28 heavy (non-hydrogen) atoms. The van der Waals surface area contributed by atoms with Crippen molar-refractivity contribution in [2.24, 2.45) is 0 Å². The fourth-order valence-electron chi connectivity index (χ4n) is 2.53. The number of aryl methyl sites for hydroxylation is 1. The monoisotopic (exact) mass is 373 g/mol. The van der Waals surface area contributed by atoms with Crippen molar-refractivity contribution in [1.82, 2.24) is 15.0 Å². The van der Waals surface area contributed by atoms with Gasteiger partial charge in [0.25, 0.3) is 0 Å². The van der Waals surface area contributed by atoms with Gasteiger partial charge >= 0.3 is 0 Å². The van der Waals surface area contributed by atoms with Crippen molar-refractivity contribution in [3.63, 3.8) is 0 Å². The van der Waals surface area contributed by atoms with Gasteiger partial charge in [0.15, 0.2) is 17.5 Å². The molecule has 3 nitrogen and oxygen atoms in total. The lowest BCUT2D eigenvalue weighted by molar-refractivity contribution is 1.04. The van der Waals surface area contributed by atoms with Crippen molar-refractivity contribution in [1.29, 1.82) is 0 Å². The first-order valence-electron chi connectivity index (χ1n) is 9.39. The Balaban J connectivity index is 0.00000127. The van der Waals surface area contributed by atoms with Crippen molar-refractivity contribution >= 4 is 5.57 Å². The molecule has 0 aliphatic heterocycles. The molecule has 0 saturated heterocycles. The number of allylic oxidation sites excluding steroid dienone is 4. The zero-order valence-electron chi connectivity index (χ0n) is 16.8. The molecule has 146 valence electrons. The first-order chi connectivity index (χ1) is 13.2. The normalized spacial score (nSPS) is 10.8. The van der Waals surface area contributed by atoms with Gasteiger partial charge in [0.2, 0.25) is 0 Å². The molecule has 0 aliphatic rings. The van der Waals surface area contributed by atoms with E-state index in [9.17, 15) is 0 Å². The van der Waals surface area contributed by atoms with Crippen LogP contribution in [0, 0.1) is 6.92 Å². The highest BCUT2D eigenvalue weighted by Gasteiger charge is 2.11. The molecule has 3 rings (SSSR count). The zero-order valence-corrected chi connectivity index (χ0v) is 16.8. The third-order valence-electron chi connectivity index (χ3n) is 3.89. The van der Waals surface area contributed by atoms with Crippen molar-refractivity contribution < 1.29 is 0 Å². The molecule has 0 aliphatic carbocycles. The van der Waals surface area contributed by atoms with Crippen molar-refractivity contribution in [2.45, 2.75) is 42.0 Å². The van der Waals surface area contributed by atoms with Crippen LogP contribution < -0.4 is 0 Å². The molecule has 0 amide bonds. The van der Waals surface area contributed by atoms with Crippen LogP contribution in [0.1, 0.15) is 46.5 Å². The second-order valence-corrected chi connectivity index (χ2v) is 5.78. The maximum Gasteiger partial charge on any atom is 0.164 e. The Bertz CT molecular complexity index is 908. The van der Waals surface area contributed by atoms with Gasteiger partial charge < -0.3 is 0 Å². The summed E-state index contributed by atoms with van der Waals surface area (Å²) in [4.78, 5) is 14.1. The Labute approximate surface area is 169 Å². The van der Waals surface area contributed by atoms with E-state index < -0.39 is 0 Å². The second-order valence-electron chi connectivity index (χ2n) is 5.78. The van der Waals surface area contributed by atoms with Crippen molar-refractivity contribution in [3.05, 3.63) is 84.2 Å². The molecule has 0 fully saturated rings. The number of nitrogens with zero attached hydrogens (tertiary/aromatic N) is 3. The van der Waals surface area contributed by atoms with E-state index in [1.165, 1.54) is 5.56 Å². The summed E-state index contributed by atoms with van der Waals surface area (Å²) in [5.74, 6) is 2.06. The number of hydrogen-bond donors (Lipinski definition) is 0. The minimum atomic E-state index is 0. The van der Waals surface area contributed by atoms with E-state index in [1.807, 2.05) is 88.4 Å². The van der Waals surface area contributed by atoms with E-state index in [-0.39, 0.29) is 7.43 Å². The summed E-state index contributed by atoms with van der Waals surface area (Å²) in [6.07, 6.45) is 6.03. The molecule has 0 spiro atoms. The maximum absolute atomic E-state index is 4.71. The van der Waals surface area contributed by atoms with Crippen LogP contribution in [-0.4, -0.2) is 15.0 Å². The van der Waals surface area contributed by atoms with E-state index in [2.05, 4.69) is 19.1 Å².